The predicted molar refractivity (Wildman–Crippen MR) is 430 cm³/mol. The molecule has 11 fully saturated rings. The minimum atomic E-state index is -2.71. The zero-order chi connectivity index (χ0) is 102. The maximum Gasteiger partial charge on any atom is 0.217 e. The molecule has 0 bridgehead atoms. The quantitative estimate of drug-likeness (QED) is 0.0254. The zero-order valence-corrected chi connectivity index (χ0v) is 75.2. The van der Waals surface area contributed by atoms with Crippen LogP contribution in [0.1, 0.15) is 41.5 Å². The molecule has 0 aromatic rings. The van der Waals surface area contributed by atoms with Crippen molar-refractivity contribution in [1.29, 1.82) is 0 Å². The third kappa shape index (κ3) is 25.8. The molecule has 0 aromatic heterocycles. The van der Waals surface area contributed by atoms with E-state index in [2.05, 4.69) is 26.6 Å². The molecule has 0 aromatic carbocycles. The van der Waals surface area contributed by atoms with Crippen LogP contribution in [0.4, 0.5) is 0 Å². The van der Waals surface area contributed by atoms with Crippen molar-refractivity contribution in [2.24, 2.45) is 0 Å². The molecule has 34 N–H and O–H groups in total. The second-order valence-electron chi connectivity index (χ2n) is 35.2. The van der Waals surface area contributed by atoms with Gasteiger partial charge in [-0.3, -0.25) is 24.0 Å². The van der Waals surface area contributed by atoms with Crippen molar-refractivity contribution in [3.05, 3.63) is 0 Å². The van der Waals surface area contributed by atoms with Gasteiger partial charge in [0.1, 0.15) is 256 Å². The van der Waals surface area contributed by atoms with Gasteiger partial charge in [0.05, 0.1) is 90.9 Å². The van der Waals surface area contributed by atoms with Crippen LogP contribution in [-0.4, -0.2) is 594 Å². The maximum atomic E-state index is 13.9. The van der Waals surface area contributed by atoms with Crippen molar-refractivity contribution >= 4 is 30.0 Å². The third-order valence-corrected chi connectivity index (χ3v) is 25.5. The lowest BCUT2D eigenvalue weighted by Gasteiger charge is -2.52. The monoisotopic (exact) mass is 2030 g/mol. The molecule has 11 rings (SSSR count). The highest BCUT2D eigenvalue weighted by molar-refractivity contribution is 5.74. The Morgan fingerprint density at radius 2 is 0.540 bits per heavy atom. The normalized spacial score (nSPS) is 48.6. The number of hydrogen-bond acceptors (Lipinski definition) is 56. The van der Waals surface area contributed by atoms with Gasteiger partial charge in [0.25, 0.3) is 0 Å². The second kappa shape index (κ2) is 50.8. The molecule has 0 saturated carbocycles. The number of aliphatic hydroxyl groups excluding tert-OH is 29. The van der Waals surface area contributed by atoms with Gasteiger partial charge in [-0.15, -0.1) is 0 Å². The van der Waals surface area contributed by atoms with Crippen molar-refractivity contribution in [2.75, 3.05) is 72.7 Å². The molecule has 804 valence electrons. The van der Waals surface area contributed by atoms with E-state index in [1.54, 1.807) is 0 Å². The van der Waals surface area contributed by atoms with Gasteiger partial charge in [-0.05, 0) is 13.8 Å². The molecule has 61 nitrogen and oxygen atoms in total. The summed E-state index contributed by atoms with van der Waals surface area (Å²) in [4.78, 5) is 64.7. The molecule has 0 aliphatic carbocycles. The first-order valence-electron chi connectivity index (χ1n) is 44.6. The zero-order valence-electron chi connectivity index (χ0n) is 75.2. The second-order valence-corrected chi connectivity index (χ2v) is 35.2. The van der Waals surface area contributed by atoms with Gasteiger partial charge in [0, 0.05) is 27.7 Å². The third-order valence-electron chi connectivity index (χ3n) is 25.5. The van der Waals surface area contributed by atoms with E-state index >= 15 is 0 Å². The molecule has 61 heteroatoms. The number of carbonyl (C=O) groups is 5. The molecule has 0 spiro atoms. The van der Waals surface area contributed by atoms with Crippen molar-refractivity contribution in [3.8, 4) is 0 Å². The highest BCUT2D eigenvalue weighted by atomic mass is 16.8. The van der Waals surface area contributed by atoms with Crippen molar-refractivity contribution in [2.45, 2.75) is 385 Å². The van der Waals surface area contributed by atoms with Crippen molar-refractivity contribution < 1.29 is 276 Å². The summed E-state index contributed by atoms with van der Waals surface area (Å²) in [5.74, 6) is -4.10. The Bertz CT molecular complexity index is 3810. The van der Waals surface area contributed by atoms with Gasteiger partial charge >= 0.3 is 0 Å². The molecule has 0 radical (unpaired) electrons. The molecule has 11 aliphatic rings. The summed E-state index contributed by atoms with van der Waals surface area (Å²) in [5.41, 5.74) is 0. The fraction of sp³-hybridized carbons (Fsp3) is 0.936. The predicted octanol–water partition coefficient (Wildman–Crippen LogP) is -23.2. The van der Waals surface area contributed by atoms with Crippen LogP contribution in [0.3, 0.4) is 0 Å². The SMILES string of the molecule is CC(=O)N[C@H]1[C@H](OC[C@H]2O[C@@H](O[C@H]3[C@H](O)[C@@H](CO)O[C@@H](O[C@H]4[C@@H](O)[C@@H](CO)O[C@@H](O[C@H]5[C@H](O)[C@@H](O)[C@H](OC[C@@H](CO)NC=O)O[C@@H]5CO)[C@@H]4O)[C@@H]3NC(C)=O)[C@H](O)[C@@H](O[C@@H]3O[C@H](CO)[C@@H](O)[C@H](O[C@@H]4O[C@H](CO)[C@H](O)[C@H](O[C@H]5O[C@H](CO)[C@H](O)[C@H](O)[C@H]5NC(C)=O)[C@H]4O[C@@H]4O[C@@H](C)[C@@H](O)[C@@H](O)[C@@H]4O)[C@H]3NC(C)=O)[C@H]2O)O[C@H](CO)[C@@H](O[C@@H]2O[C@H](CO)[C@H](O)[C@H](O)[C@H]2O[C@@H]2O[C@@H](C)[C@@H](O)[C@@H](O)[C@@H]2O)[C@@H]1O. The average molecular weight is 2030 g/mol. The highest BCUT2D eigenvalue weighted by Gasteiger charge is 2.64. The van der Waals surface area contributed by atoms with E-state index in [4.69, 9.17) is 104 Å². The fourth-order valence-electron chi connectivity index (χ4n) is 17.9. The summed E-state index contributed by atoms with van der Waals surface area (Å²) >= 11 is 0. The molecule has 11 heterocycles. The maximum absolute atomic E-state index is 13.9. The van der Waals surface area contributed by atoms with E-state index in [1.165, 1.54) is 13.8 Å². The van der Waals surface area contributed by atoms with Crippen molar-refractivity contribution in [1.82, 2.24) is 26.6 Å². The molecular weight excluding hydrogens is 1900 g/mol. The van der Waals surface area contributed by atoms with Crippen LogP contribution < -0.4 is 26.6 Å². The molecule has 139 heavy (non-hydrogen) atoms. The highest BCUT2D eigenvalue weighted by Crippen LogP contribution is 2.43. The first-order chi connectivity index (χ1) is 65.9. The van der Waals surface area contributed by atoms with Crippen molar-refractivity contribution in [3.63, 3.8) is 0 Å². The number of hydrogen-bond donors (Lipinski definition) is 34. The van der Waals surface area contributed by atoms with Crippen LogP contribution in [-0.2, 0) is 128 Å². The van der Waals surface area contributed by atoms with Crippen LogP contribution >= 0.6 is 0 Å². The summed E-state index contributed by atoms with van der Waals surface area (Å²) in [7, 11) is 0. The Morgan fingerprint density at radius 3 is 0.978 bits per heavy atom. The largest absolute Gasteiger partial charge is 0.394 e. The molecule has 5 amide bonds. The topological polar surface area (TPSA) is 935 Å². The first-order valence-corrected chi connectivity index (χ1v) is 44.6. The smallest absolute Gasteiger partial charge is 0.217 e. The van der Waals surface area contributed by atoms with E-state index in [0.717, 1.165) is 27.7 Å². The molecule has 0 unspecified atom stereocenters. The number of ether oxygens (including phenoxy) is 22. The van der Waals surface area contributed by atoms with E-state index < -0.39 is 440 Å². The van der Waals surface area contributed by atoms with Crippen LogP contribution in [0.25, 0.3) is 0 Å². The summed E-state index contributed by atoms with van der Waals surface area (Å²) in [5, 5.41) is 340. The number of rotatable bonds is 39. The van der Waals surface area contributed by atoms with E-state index in [-0.39, 0.29) is 6.41 Å². The van der Waals surface area contributed by atoms with Gasteiger partial charge < -0.3 is 279 Å². The fourth-order valence-corrected chi connectivity index (χ4v) is 17.9. The number of amides is 5. The Morgan fingerprint density at radius 1 is 0.252 bits per heavy atom. The van der Waals surface area contributed by atoms with Gasteiger partial charge in [0.15, 0.2) is 69.2 Å². The average Bonchev–Trinajstić information content (AvgIpc) is 0.778. The lowest BCUT2D eigenvalue weighted by Crippen LogP contribution is -2.72. The van der Waals surface area contributed by atoms with Gasteiger partial charge in [-0.25, -0.2) is 0 Å². The standard InChI is InChI=1S/C78H131N5O56/c1-19-39(98)50(109)54(113)73(120-19)138-66-52(111)42(101)27(9-86)126-77(66)132-59-32(14-91)128-68(36(49(59)108)81-22(4)95)119-17-34-47(106)64(58(117)76(130-34)133-61-37(82-23(5)96)70(123-28(10-87)43(61)102)135-63-45(104)30(12-89)125-75(57(63)116)131-60-33(15-92)129-72(56(115)53(60)112)118-16-25(7-84)79-18-93)136-71-38(83-24(6)97)62(44(103)29(11-88)124-71)134-78-67(139-74-55(114)51(110)40(99)20(2)121-74)65(46(105)31(13-90)127-78)137-69-35(80-21(3)94)48(107)41(100)26(8-85)122-69/h18-20,25-78,84-92,98-117H,7-17H2,1-6H3,(H,79,93)(H,80,94)(H,81,95)(H,82,96)(H,83,97)/t19-,20-,25+,26+,27+,28+,29+,30+,31+,32+,33+,34+,35+,36+,37+,38+,39+,40+,41-,42-,43+,44+,45-,46-,47-,48+,49+,50+,51+,52-,53+,54-,55-,56+,57+,58+,59+,60+,61+,62+,63-,64-,65-,66+,67+,68+,69+,70-,71-,72+,73-,74-,75-,76-,77-,78-/m0/s1. The van der Waals surface area contributed by atoms with E-state index in [0.29, 0.717) is 0 Å². The molecule has 11 saturated heterocycles. The van der Waals surface area contributed by atoms with Gasteiger partial charge in [0.2, 0.25) is 30.0 Å². The van der Waals surface area contributed by atoms with Crippen LogP contribution in [0.15, 0.2) is 0 Å². The molecular formula is C78H131N5O56. The molecule has 56 atom stereocenters. The number of nitrogens with one attached hydrogen (secondary N) is 5. The number of aliphatic hydroxyl groups is 29. The summed E-state index contributed by atoms with van der Waals surface area (Å²) < 4.78 is 133. The lowest BCUT2D eigenvalue weighted by atomic mass is 9.93. The first kappa shape index (κ1) is 115. The minimum absolute atomic E-state index is 0.226. The Hall–Kier alpha value is -4.69. The van der Waals surface area contributed by atoms with E-state index in [9.17, 15) is 172 Å². The van der Waals surface area contributed by atoms with Crippen LogP contribution in [0.2, 0.25) is 0 Å². The Kier molecular flexibility index (Phi) is 41.9. The molecule has 11 aliphatic heterocycles. The summed E-state index contributed by atoms with van der Waals surface area (Å²) in [6, 6.07) is -9.30. The number of carbonyl (C=O) groups excluding carboxylic acids is 5. The summed E-state index contributed by atoms with van der Waals surface area (Å²) in [6.45, 7) is -5.80. The van der Waals surface area contributed by atoms with Crippen LogP contribution in [0, 0.1) is 0 Å². The van der Waals surface area contributed by atoms with Gasteiger partial charge in [-0.2, -0.15) is 0 Å². The minimum Gasteiger partial charge on any atom is -0.394 e. The van der Waals surface area contributed by atoms with Crippen LogP contribution in [0.5, 0.6) is 0 Å². The van der Waals surface area contributed by atoms with E-state index in [1.807, 2.05) is 0 Å². The Balaban J connectivity index is 0.955. The van der Waals surface area contributed by atoms with Gasteiger partial charge in [-0.1, -0.05) is 0 Å². The summed E-state index contributed by atoms with van der Waals surface area (Å²) in [6.07, 6.45) is -108. The lowest BCUT2D eigenvalue weighted by molar-refractivity contribution is -0.401. The Labute approximate surface area is 788 Å².